The lowest BCUT2D eigenvalue weighted by Gasteiger charge is -2.27. The minimum atomic E-state index is -0.174. The van der Waals surface area contributed by atoms with Crippen molar-refractivity contribution in [1.82, 2.24) is 20.3 Å². The van der Waals surface area contributed by atoms with E-state index >= 15 is 0 Å². The summed E-state index contributed by atoms with van der Waals surface area (Å²) in [5.74, 6) is 1.34. The van der Waals surface area contributed by atoms with Crippen molar-refractivity contribution >= 4 is 29.4 Å². The van der Waals surface area contributed by atoms with E-state index in [0.717, 1.165) is 31.6 Å². The number of anilines is 4. The Morgan fingerprint density at radius 2 is 1.67 bits per heavy atom. The molecule has 1 aromatic heterocycles. The number of hydrogen-bond acceptors (Lipinski definition) is 11. The van der Waals surface area contributed by atoms with E-state index < -0.39 is 0 Å². The summed E-state index contributed by atoms with van der Waals surface area (Å²) in [6.07, 6.45) is 4.04. The van der Waals surface area contributed by atoms with Crippen molar-refractivity contribution in [1.29, 1.82) is 0 Å². The molecule has 2 aromatic rings. The van der Waals surface area contributed by atoms with Crippen LogP contribution >= 0.6 is 0 Å². The Balaban J connectivity index is 1.53. The van der Waals surface area contributed by atoms with Crippen LogP contribution in [-0.4, -0.2) is 91.7 Å². The van der Waals surface area contributed by atoms with E-state index in [4.69, 9.17) is 20.3 Å². The van der Waals surface area contributed by atoms with Crippen LogP contribution in [0.4, 0.5) is 23.5 Å². The Labute approximate surface area is 212 Å². The second kappa shape index (κ2) is 15.8. The highest BCUT2D eigenvalue weighted by Gasteiger charge is 2.16. The fourth-order valence-corrected chi connectivity index (χ4v) is 3.59. The first kappa shape index (κ1) is 27.5. The second-order valence-corrected chi connectivity index (χ2v) is 8.31. The molecule has 12 nitrogen and oxygen atoms in total. The smallest absolute Gasteiger partial charge is 0.251 e. The quantitative estimate of drug-likeness (QED) is 0.209. The molecule has 0 saturated carbocycles. The summed E-state index contributed by atoms with van der Waals surface area (Å²) in [5, 5.41) is 18.3. The molecule has 3 rings (SSSR count). The SMILES string of the molecule is NCCOCCOCCNC(=O)c1ccc(Nc2nc(NCCCO)nc(N3CCCCC3)n2)cc1. The molecule has 1 fully saturated rings. The number of carbonyl (C=O) groups excluding carboxylic acids is 1. The molecular formula is C24H38N8O4. The van der Waals surface area contributed by atoms with Crippen LogP contribution in [0.2, 0.25) is 0 Å². The van der Waals surface area contributed by atoms with Crippen molar-refractivity contribution in [3.63, 3.8) is 0 Å². The van der Waals surface area contributed by atoms with E-state index in [-0.39, 0.29) is 12.5 Å². The van der Waals surface area contributed by atoms with Gasteiger partial charge in [-0.15, -0.1) is 0 Å². The fraction of sp³-hybridized carbons (Fsp3) is 0.583. The Morgan fingerprint density at radius 3 is 2.39 bits per heavy atom. The maximum absolute atomic E-state index is 12.4. The normalized spacial score (nSPS) is 13.4. The Kier molecular flexibility index (Phi) is 12.1. The predicted molar refractivity (Wildman–Crippen MR) is 139 cm³/mol. The van der Waals surface area contributed by atoms with Crippen LogP contribution in [0.25, 0.3) is 0 Å². The van der Waals surface area contributed by atoms with Crippen LogP contribution in [0, 0.1) is 0 Å². The number of piperidine rings is 1. The molecule has 1 aliphatic heterocycles. The third-order valence-corrected chi connectivity index (χ3v) is 5.45. The molecule has 0 atom stereocenters. The Morgan fingerprint density at radius 1 is 0.944 bits per heavy atom. The largest absolute Gasteiger partial charge is 0.396 e. The van der Waals surface area contributed by atoms with E-state index in [9.17, 15) is 4.79 Å². The lowest BCUT2D eigenvalue weighted by Crippen LogP contribution is -2.31. The minimum absolute atomic E-state index is 0.0965. The van der Waals surface area contributed by atoms with Crippen LogP contribution in [-0.2, 0) is 9.47 Å². The average Bonchev–Trinajstić information content (AvgIpc) is 2.91. The number of nitrogens with one attached hydrogen (secondary N) is 3. The molecule has 0 aliphatic carbocycles. The van der Waals surface area contributed by atoms with E-state index in [1.54, 1.807) is 12.1 Å². The van der Waals surface area contributed by atoms with E-state index in [1.807, 2.05) is 12.1 Å². The van der Waals surface area contributed by atoms with Gasteiger partial charge in [0.15, 0.2) is 0 Å². The molecule has 0 spiro atoms. The number of ether oxygens (including phenoxy) is 2. The van der Waals surface area contributed by atoms with Crippen molar-refractivity contribution in [2.45, 2.75) is 25.7 Å². The van der Waals surface area contributed by atoms with E-state index in [1.165, 1.54) is 6.42 Å². The maximum Gasteiger partial charge on any atom is 0.251 e. The van der Waals surface area contributed by atoms with Gasteiger partial charge in [0.2, 0.25) is 17.8 Å². The third-order valence-electron chi connectivity index (χ3n) is 5.45. The number of aliphatic hydroxyl groups excluding tert-OH is 1. The second-order valence-electron chi connectivity index (χ2n) is 8.31. The highest BCUT2D eigenvalue weighted by molar-refractivity contribution is 5.94. The first-order valence-corrected chi connectivity index (χ1v) is 12.6. The first-order valence-electron chi connectivity index (χ1n) is 12.6. The maximum atomic E-state index is 12.4. The van der Waals surface area contributed by atoms with Crippen LogP contribution in [0.1, 0.15) is 36.0 Å². The number of nitrogens with two attached hydrogens (primary N) is 1. The van der Waals surface area contributed by atoms with Gasteiger partial charge in [-0.2, -0.15) is 15.0 Å². The van der Waals surface area contributed by atoms with Gasteiger partial charge in [-0.3, -0.25) is 4.79 Å². The molecule has 1 amide bonds. The predicted octanol–water partition coefficient (Wildman–Crippen LogP) is 1.12. The molecule has 0 unspecified atom stereocenters. The van der Waals surface area contributed by atoms with Crippen LogP contribution in [0.5, 0.6) is 0 Å². The average molecular weight is 503 g/mol. The van der Waals surface area contributed by atoms with Gasteiger partial charge >= 0.3 is 0 Å². The summed E-state index contributed by atoms with van der Waals surface area (Å²) >= 11 is 0. The number of nitrogens with zero attached hydrogens (tertiary/aromatic N) is 4. The van der Waals surface area contributed by atoms with Gasteiger partial charge in [-0.25, -0.2) is 0 Å². The zero-order chi connectivity index (χ0) is 25.4. The zero-order valence-corrected chi connectivity index (χ0v) is 20.7. The van der Waals surface area contributed by atoms with Crippen molar-refractivity contribution in [2.24, 2.45) is 5.73 Å². The van der Waals surface area contributed by atoms with Gasteiger partial charge in [0.05, 0.1) is 26.4 Å². The van der Waals surface area contributed by atoms with Gasteiger partial charge in [-0.05, 0) is 49.9 Å². The first-order chi connectivity index (χ1) is 17.7. The summed E-state index contributed by atoms with van der Waals surface area (Å²) in [6, 6.07) is 7.10. The highest BCUT2D eigenvalue weighted by Crippen LogP contribution is 2.21. The molecule has 1 aliphatic rings. The number of aliphatic hydroxyl groups is 1. The molecule has 12 heteroatoms. The number of carbonyl (C=O) groups is 1. The minimum Gasteiger partial charge on any atom is -0.396 e. The zero-order valence-electron chi connectivity index (χ0n) is 20.7. The van der Waals surface area contributed by atoms with Crippen molar-refractivity contribution in [3.8, 4) is 0 Å². The van der Waals surface area contributed by atoms with Gasteiger partial charge in [0.25, 0.3) is 5.91 Å². The van der Waals surface area contributed by atoms with Gasteiger partial charge < -0.3 is 41.2 Å². The number of aromatic nitrogens is 3. The van der Waals surface area contributed by atoms with Gasteiger partial charge in [-0.1, -0.05) is 0 Å². The topological polar surface area (TPSA) is 160 Å². The van der Waals surface area contributed by atoms with Crippen molar-refractivity contribution < 1.29 is 19.4 Å². The lowest BCUT2D eigenvalue weighted by atomic mass is 10.1. The molecule has 1 saturated heterocycles. The van der Waals surface area contributed by atoms with Crippen LogP contribution in [0.3, 0.4) is 0 Å². The summed E-state index contributed by atoms with van der Waals surface area (Å²) in [6.45, 7) is 5.26. The number of hydrogen-bond donors (Lipinski definition) is 5. The highest BCUT2D eigenvalue weighted by atomic mass is 16.5. The van der Waals surface area contributed by atoms with Crippen molar-refractivity contribution in [3.05, 3.63) is 29.8 Å². The van der Waals surface area contributed by atoms with Crippen molar-refractivity contribution in [2.75, 3.05) is 81.3 Å². The molecule has 2 heterocycles. The number of rotatable bonds is 16. The lowest BCUT2D eigenvalue weighted by molar-refractivity contribution is 0.0511. The standard InChI is InChI=1S/C24H38N8O4/c25-9-15-35-17-18-36-16-11-26-21(34)19-5-7-20(8-6-19)28-23-29-22(27-10-4-14-33)30-24(31-23)32-12-2-1-3-13-32/h5-8,33H,1-4,9-18,25H2,(H,26,34)(H2,27,28,29,30,31). The summed E-state index contributed by atoms with van der Waals surface area (Å²) in [5.41, 5.74) is 6.65. The Hall–Kier alpha value is -3.06. The molecule has 1 aromatic carbocycles. The van der Waals surface area contributed by atoms with E-state index in [2.05, 4.69) is 35.8 Å². The van der Waals surface area contributed by atoms with Crippen LogP contribution < -0.4 is 26.6 Å². The summed E-state index contributed by atoms with van der Waals surface area (Å²) < 4.78 is 10.6. The third kappa shape index (κ3) is 9.53. The monoisotopic (exact) mass is 502 g/mol. The van der Waals surface area contributed by atoms with Gasteiger partial charge in [0, 0.05) is 50.6 Å². The molecule has 6 N–H and O–H groups in total. The molecule has 36 heavy (non-hydrogen) atoms. The molecular weight excluding hydrogens is 464 g/mol. The van der Waals surface area contributed by atoms with E-state index in [0.29, 0.717) is 75.9 Å². The summed E-state index contributed by atoms with van der Waals surface area (Å²) in [7, 11) is 0. The molecule has 0 bridgehead atoms. The van der Waals surface area contributed by atoms with Gasteiger partial charge in [0.1, 0.15) is 0 Å². The fourth-order valence-electron chi connectivity index (χ4n) is 3.59. The van der Waals surface area contributed by atoms with Crippen LogP contribution in [0.15, 0.2) is 24.3 Å². The molecule has 198 valence electrons. The number of benzene rings is 1. The Bertz CT molecular complexity index is 909. The number of amides is 1. The molecule has 0 radical (unpaired) electrons. The summed E-state index contributed by atoms with van der Waals surface area (Å²) in [4.78, 5) is 28.2.